The summed E-state index contributed by atoms with van der Waals surface area (Å²) in [5.74, 6) is -2.36. The zero-order valence-electron chi connectivity index (χ0n) is 15.1. The van der Waals surface area contributed by atoms with Crippen molar-refractivity contribution < 1.29 is 23.9 Å². The monoisotopic (exact) mass is 408 g/mol. The van der Waals surface area contributed by atoms with Gasteiger partial charge >= 0.3 is 5.97 Å². The van der Waals surface area contributed by atoms with Crippen molar-refractivity contribution in [2.24, 2.45) is 0 Å². The van der Waals surface area contributed by atoms with Crippen molar-refractivity contribution in [2.45, 2.75) is 0 Å². The molecule has 0 radical (unpaired) electrons. The second kappa shape index (κ2) is 9.43. The molecule has 8 heteroatoms. The van der Waals surface area contributed by atoms with E-state index in [1.807, 2.05) is 0 Å². The van der Waals surface area contributed by atoms with Gasteiger partial charge in [-0.25, -0.2) is 4.79 Å². The molecule has 0 saturated heterocycles. The fraction of sp³-hybridized carbons (Fsp3) is 0.0476. The molecule has 0 spiro atoms. The summed E-state index contributed by atoms with van der Waals surface area (Å²) >= 11 is 1.30. The van der Waals surface area contributed by atoms with Gasteiger partial charge < -0.3 is 10.1 Å². The average molecular weight is 408 g/mol. The van der Waals surface area contributed by atoms with Crippen LogP contribution in [-0.4, -0.2) is 30.3 Å². The van der Waals surface area contributed by atoms with Gasteiger partial charge in [0.05, 0.1) is 10.4 Å². The molecule has 2 N–H and O–H groups in total. The Labute approximate surface area is 170 Å². The molecule has 0 aliphatic heterocycles. The number of carbonyl (C=O) groups is 4. The Morgan fingerprint density at radius 3 is 2.31 bits per heavy atom. The number of thiophene rings is 1. The summed E-state index contributed by atoms with van der Waals surface area (Å²) < 4.78 is 4.95. The number of imide groups is 1. The molecule has 3 rings (SSSR count). The van der Waals surface area contributed by atoms with Crippen molar-refractivity contribution in [1.29, 1.82) is 0 Å². The lowest BCUT2D eigenvalue weighted by Gasteiger charge is -2.08. The number of rotatable bonds is 6. The van der Waals surface area contributed by atoms with Crippen LogP contribution in [0, 0.1) is 0 Å². The molecule has 1 heterocycles. The zero-order chi connectivity index (χ0) is 20.6. The van der Waals surface area contributed by atoms with E-state index < -0.39 is 24.4 Å². The molecule has 7 nitrogen and oxygen atoms in total. The number of ether oxygens (including phenoxy) is 1. The summed E-state index contributed by atoms with van der Waals surface area (Å²) in [6.07, 6.45) is 0. The molecule has 0 aliphatic carbocycles. The Morgan fingerprint density at radius 2 is 1.59 bits per heavy atom. The maximum absolute atomic E-state index is 12.2. The van der Waals surface area contributed by atoms with Crippen LogP contribution < -0.4 is 10.6 Å². The van der Waals surface area contributed by atoms with Crippen molar-refractivity contribution in [3.05, 3.63) is 88.1 Å². The Kier molecular flexibility index (Phi) is 6.49. The molecule has 2 aromatic carbocycles. The quantitative estimate of drug-likeness (QED) is 0.610. The highest BCUT2D eigenvalue weighted by Crippen LogP contribution is 2.15. The van der Waals surface area contributed by atoms with Gasteiger partial charge in [-0.2, -0.15) is 0 Å². The molecule has 3 amide bonds. The van der Waals surface area contributed by atoms with Gasteiger partial charge in [0.15, 0.2) is 6.61 Å². The highest BCUT2D eigenvalue weighted by molar-refractivity contribution is 7.12. The first-order valence-corrected chi connectivity index (χ1v) is 9.42. The molecule has 0 aliphatic rings. The van der Waals surface area contributed by atoms with Gasteiger partial charge in [-0.05, 0) is 41.8 Å². The van der Waals surface area contributed by atoms with Crippen LogP contribution >= 0.6 is 11.3 Å². The SMILES string of the molecule is O=C(COC(=O)c1cccc(NC(=O)c2cccs2)c1)NC(=O)c1ccccc1. The molecule has 1 aromatic heterocycles. The van der Waals surface area contributed by atoms with Crippen LogP contribution in [0.15, 0.2) is 72.1 Å². The van der Waals surface area contributed by atoms with Crippen LogP contribution in [0.25, 0.3) is 0 Å². The number of esters is 1. The standard InChI is InChI=1S/C21H16N2O5S/c24-18(23-19(25)14-6-2-1-3-7-14)13-28-21(27)15-8-4-9-16(12-15)22-20(26)17-10-5-11-29-17/h1-12H,13H2,(H,22,26)(H,23,24,25). The molecule has 29 heavy (non-hydrogen) atoms. The van der Waals surface area contributed by atoms with E-state index in [4.69, 9.17) is 4.74 Å². The molecule has 0 fully saturated rings. The first-order chi connectivity index (χ1) is 14.0. The van der Waals surface area contributed by atoms with Gasteiger partial charge in [-0.3, -0.25) is 19.7 Å². The Balaban J connectivity index is 1.53. The third kappa shape index (κ3) is 5.60. The topological polar surface area (TPSA) is 102 Å². The largest absolute Gasteiger partial charge is 0.452 e. The van der Waals surface area contributed by atoms with Crippen molar-refractivity contribution in [1.82, 2.24) is 5.32 Å². The van der Waals surface area contributed by atoms with Crippen LogP contribution in [0.3, 0.4) is 0 Å². The summed E-state index contributed by atoms with van der Waals surface area (Å²) in [4.78, 5) is 48.5. The van der Waals surface area contributed by atoms with E-state index >= 15 is 0 Å². The van der Waals surface area contributed by atoms with E-state index in [1.54, 1.807) is 60.0 Å². The summed E-state index contributed by atoms with van der Waals surface area (Å²) in [5, 5.41) is 6.62. The third-order valence-corrected chi connectivity index (χ3v) is 4.59. The summed E-state index contributed by atoms with van der Waals surface area (Å²) in [5.41, 5.74) is 0.902. The average Bonchev–Trinajstić information content (AvgIpc) is 3.28. The molecule has 0 unspecified atom stereocenters. The van der Waals surface area contributed by atoms with E-state index in [2.05, 4.69) is 10.6 Å². The smallest absolute Gasteiger partial charge is 0.338 e. The first-order valence-electron chi connectivity index (χ1n) is 8.54. The van der Waals surface area contributed by atoms with E-state index in [0.717, 1.165) is 0 Å². The number of carbonyl (C=O) groups excluding carboxylic acids is 4. The van der Waals surface area contributed by atoms with Gasteiger partial charge in [0.1, 0.15) is 0 Å². The van der Waals surface area contributed by atoms with Gasteiger partial charge in [-0.1, -0.05) is 30.3 Å². The van der Waals surface area contributed by atoms with E-state index in [0.29, 0.717) is 16.1 Å². The minimum atomic E-state index is -0.750. The highest BCUT2D eigenvalue weighted by atomic mass is 32.1. The Hall–Kier alpha value is -3.78. The number of nitrogens with one attached hydrogen (secondary N) is 2. The maximum Gasteiger partial charge on any atom is 0.338 e. The molecule has 0 bridgehead atoms. The zero-order valence-corrected chi connectivity index (χ0v) is 15.9. The lowest BCUT2D eigenvalue weighted by Crippen LogP contribution is -2.34. The van der Waals surface area contributed by atoms with Crippen LogP contribution in [0.2, 0.25) is 0 Å². The fourth-order valence-corrected chi connectivity index (χ4v) is 2.98. The molecule has 0 atom stereocenters. The Morgan fingerprint density at radius 1 is 0.828 bits per heavy atom. The summed E-state index contributed by atoms with van der Waals surface area (Å²) in [6.45, 7) is -0.608. The summed E-state index contributed by atoms with van der Waals surface area (Å²) in [6, 6.07) is 17.8. The number of amides is 3. The Bertz CT molecular complexity index is 1030. The second-order valence-electron chi connectivity index (χ2n) is 5.83. The van der Waals surface area contributed by atoms with Gasteiger partial charge in [0.25, 0.3) is 17.7 Å². The molecule has 3 aromatic rings. The lowest BCUT2D eigenvalue weighted by molar-refractivity contribution is -0.123. The van der Waals surface area contributed by atoms with Gasteiger partial charge in [-0.15, -0.1) is 11.3 Å². The van der Waals surface area contributed by atoms with Crippen LogP contribution in [0.1, 0.15) is 30.4 Å². The summed E-state index contributed by atoms with van der Waals surface area (Å²) in [7, 11) is 0. The number of hydrogen-bond acceptors (Lipinski definition) is 6. The predicted octanol–water partition coefficient (Wildman–Crippen LogP) is 3.11. The minimum Gasteiger partial charge on any atom is -0.452 e. The first kappa shape index (κ1) is 20.0. The minimum absolute atomic E-state index is 0.163. The molecular weight excluding hydrogens is 392 g/mol. The van der Waals surface area contributed by atoms with Crippen LogP contribution in [-0.2, 0) is 9.53 Å². The lowest BCUT2D eigenvalue weighted by atomic mass is 10.2. The predicted molar refractivity (Wildman–Crippen MR) is 108 cm³/mol. The van der Waals surface area contributed by atoms with Crippen LogP contribution in [0.5, 0.6) is 0 Å². The molecule has 146 valence electrons. The maximum atomic E-state index is 12.2. The molecule has 0 saturated carbocycles. The van der Waals surface area contributed by atoms with Crippen LogP contribution in [0.4, 0.5) is 5.69 Å². The number of hydrogen-bond donors (Lipinski definition) is 2. The van der Waals surface area contributed by atoms with Crippen molar-refractivity contribution >= 4 is 40.7 Å². The van der Waals surface area contributed by atoms with Crippen molar-refractivity contribution in [2.75, 3.05) is 11.9 Å². The number of benzene rings is 2. The third-order valence-electron chi connectivity index (χ3n) is 3.72. The normalized spacial score (nSPS) is 10.1. The fourth-order valence-electron chi connectivity index (χ4n) is 2.36. The van der Waals surface area contributed by atoms with Crippen molar-refractivity contribution in [3.8, 4) is 0 Å². The van der Waals surface area contributed by atoms with Gasteiger partial charge in [0.2, 0.25) is 0 Å². The molecular formula is C21H16N2O5S. The van der Waals surface area contributed by atoms with E-state index in [9.17, 15) is 19.2 Å². The van der Waals surface area contributed by atoms with Crippen molar-refractivity contribution in [3.63, 3.8) is 0 Å². The van der Waals surface area contributed by atoms with Gasteiger partial charge in [0, 0.05) is 11.3 Å². The van der Waals surface area contributed by atoms with E-state index in [-0.39, 0.29) is 11.5 Å². The number of anilines is 1. The second-order valence-corrected chi connectivity index (χ2v) is 6.78. The highest BCUT2D eigenvalue weighted by Gasteiger charge is 2.14. The van der Waals surface area contributed by atoms with E-state index in [1.165, 1.54) is 23.5 Å².